The third-order valence-corrected chi connectivity index (χ3v) is 2.00. The van der Waals surface area contributed by atoms with Gasteiger partial charge in [-0.15, -0.1) is 5.10 Å². The molecule has 0 saturated heterocycles. The van der Waals surface area contributed by atoms with Crippen LogP contribution in [0.3, 0.4) is 0 Å². The van der Waals surface area contributed by atoms with Crippen molar-refractivity contribution in [1.29, 1.82) is 0 Å². The van der Waals surface area contributed by atoms with Gasteiger partial charge in [-0.2, -0.15) is 0 Å². The highest BCUT2D eigenvalue weighted by atomic mass is 16.3. The minimum atomic E-state index is -0.0363. The Morgan fingerprint density at radius 2 is 2.47 bits per heavy atom. The Balaban J connectivity index is 2.14. The smallest absolute Gasteiger partial charge is 0.221 e. The number of hydrogen-bond acceptors (Lipinski definition) is 4. The molecule has 1 atom stereocenters. The summed E-state index contributed by atoms with van der Waals surface area (Å²) in [5.74, 6) is 0.0612. The van der Waals surface area contributed by atoms with E-state index in [9.17, 15) is 4.79 Å². The fourth-order valence-corrected chi connectivity index (χ4v) is 1.01. The lowest BCUT2D eigenvalue weighted by Crippen LogP contribution is -2.30. The van der Waals surface area contributed by atoms with E-state index in [-0.39, 0.29) is 18.4 Å². The molecule has 0 spiro atoms. The summed E-state index contributed by atoms with van der Waals surface area (Å²) in [6.45, 7) is 2.99. The van der Waals surface area contributed by atoms with Gasteiger partial charge in [0.05, 0.1) is 12.7 Å². The Labute approximate surface area is 88.3 Å². The molecule has 2 N–H and O–H groups in total. The fraction of sp³-hybridized carbons (Fsp3) is 0.667. The first-order valence-electron chi connectivity index (χ1n) is 4.94. The van der Waals surface area contributed by atoms with E-state index in [1.807, 2.05) is 6.92 Å². The van der Waals surface area contributed by atoms with Gasteiger partial charge in [0.1, 0.15) is 0 Å². The number of aryl methyl sites for hydroxylation is 1. The third-order valence-electron chi connectivity index (χ3n) is 2.00. The van der Waals surface area contributed by atoms with Crippen molar-refractivity contribution < 1.29 is 9.90 Å². The molecule has 0 fully saturated rings. The number of carbonyl (C=O) groups is 1. The highest BCUT2D eigenvalue weighted by Gasteiger charge is 2.04. The van der Waals surface area contributed by atoms with Gasteiger partial charge < -0.3 is 10.4 Å². The van der Waals surface area contributed by atoms with Crippen molar-refractivity contribution in [1.82, 2.24) is 20.3 Å². The Morgan fingerprint density at radius 3 is 3.07 bits per heavy atom. The Morgan fingerprint density at radius 1 is 1.67 bits per heavy atom. The molecule has 0 aliphatic rings. The van der Waals surface area contributed by atoms with E-state index >= 15 is 0 Å². The van der Waals surface area contributed by atoms with Crippen molar-refractivity contribution in [3.63, 3.8) is 0 Å². The molecule has 0 bridgehead atoms. The van der Waals surface area contributed by atoms with Gasteiger partial charge in [0, 0.05) is 25.8 Å². The molecule has 0 aliphatic heterocycles. The first-order chi connectivity index (χ1) is 7.22. The largest absolute Gasteiger partial charge is 0.396 e. The number of aromatic nitrogens is 3. The van der Waals surface area contributed by atoms with Crippen LogP contribution in [0.25, 0.3) is 0 Å². The number of nitrogens with zero attached hydrogens (tertiary/aromatic N) is 3. The van der Waals surface area contributed by atoms with Gasteiger partial charge in [-0.05, 0) is 5.92 Å². The van der Waals surface area contributed by atoms with Crippen molar-refractivity contribution in [2.45, 2.75) is 19.9 Å². The zero-order chi connectivity index (χ0) is 11.1. The summed E-state index contributed by atoms with van der Waals surface area (Å²) < 4.78 is 1.61. The predicted molar refractivity (Wildman–Crippen MR) is 53.9 cm³/mol. The maximum Gasteiger partial charge on any atom is 0.221 e. The standard InChI is InChI=1S/C9H16N4O2/c1-8(7-14)6-10-9(15)2-4-13-5-3-11-12-13/h3,5,8,14H,2,4,6-7H2,1H3,(H,10,15). The summed E-state index contributed by atoms with van der Waals surface area (Å²) in [7, 11) is 0. The second-order valence-corrected chi connectivity index (χ2v) is 3.51. The monoisotopic (exact) mass is 212 g/mol. The summed E-state index contributed by atoms with van der Waals surface area (Å²) in [5.41, 5.74) is 0. The number of amides is 1. The molecule has 1 rings (SSSR count). The lowest BCUT2D eigenvalue weighted by molar-refractivity contribution is -0.121. The van der Waals surface area contributed by atoms with Crippen LogP contribution in [0, 0.1) is 5.92 Å². The van der Waals surface area contributed by atoms with Crippen LogP contribution in [0.1, 0.15) is 13.3 Å². The van der Waals surface area contributed by atoms with E-state index in [2.05, 4.69) is 15.6 Å². The molecule has 6 nitrogen and oxygen atoms in total. The molecule has 1 heterocycles. The number of aliphatic hydroxyl groups is 1. The molecular formula is C9H16N4O2. The Hall–Kier alpha value is -1.43. The van der Waals surface area contributed by atoms with Gasteiger partial charge in [-0.25, -0.2) is 0 Å². The summed E-state index contributed by atoms with van der Waals surface area (Å²) in [5, 5.41) is 18.9. The van der Waals surface area contributed by atoms with Crippen LogP contribution in [0.2, 0.25) is 0 Å². The van der Waals surface area contributed by atoms with E-state index in [4.69, 9.17) is 5.11 Å². The molecule has 84 valence electrons. The second kappa shape index (κ2) is 6.13. The zero-order valence-corrected chi connectivity index (χ0v) is 8.76. The summed E-state index contributed by atoms with van der Waals surface area (Å²) >= 11 is 0. The first-order valence-corrected chi connectivity index (χ1v) is 4.94. The van der Waals surface area contributed by atoms with Gasteiger partial charge in [0.15, 0.2) is 0 Å². The lowest BCUT2D eigenvalue weighted by atomic mass is 10.2. The highest BCUT2D eigenvalue weighted by Crippen LogP contribution is 1.91. The van der Waals surface area contributed by atoms with Crippen molar-refractivity contribution in [3.05, 3.63) is 12.4 Å². The molecule has 1 unspecified atom stereocenters. The number of hydrogen-bond donors (Lipinski definition) is 2. The summed E-state index contributed by atoms with van der Waals surface area (Å²) in [4.78, 5) is 11.3. The van der Waals surface area contributed by atoms with Gasteiger partial charge in [0.25, 0.3) is 0 Å². The normalized spacial score (nSPS) is 12.4. The molecule has 0 radical (unpaired) electrons. The SMILES string of the molecule is CC(CO)CNC(=O)CCn1ccnn1. The van der Waals surface area contributed by atoms with Crippen molar-refractivity contribution in [2.24, 2.45) is 5.92 Å². The summed E-state index contributed by atoms with van der Waals surface area (Å²) in [6, 6.07) is 0. The van der Waals surface area contributed by atoms with Crippen molar-refractivity contribution in [3.8, 4) is 0 Å². The quantitative estimate of drug-likeness (QED) is 0.660. The Kier molecular flexibility index (Phi) is 4.76. The number of nitrogens with one attached hydrogen (secondary N) is 1. The minimum Gasteiger partial charge on any atom is -0.396 e. The van der Waals surface area contributed by atoms with Gasteiger partial charge in [-0.1, -0.05) is 12.1 Å². The van der Waals surface area contributed by atoms with Crippen LogP contribution >= 0.6 is 0 Å². The number of rotatable bonds is 6. The molecular weight excluding hydrogens is 196 g/mol. The van der Waals surface area contributed by atoms with Crippen molar-refractivity contribution >= 4 is 5.91 Å². The van der Waals surface area contributed by atoms with Gasteiger partial charge in [0.2, 0.25) is 5.91 Å². The highest BCUT2D eigenvalue weighted by molar-refractivity contribution is 5.75. The summed E-state index contributed by atoms with van der Waals surface area (Å²) in [6.07, 6.45) is 3.66. The zero-order valence-electron chi connectivity index (χ0n) is 8.76. The van der Waals surface area contributed by atoms with E-state index in [1.165, 1.54) is 0 Å². The van der Waals surface area contributed by atoms with Crippen LogP contribution in [0.5, 0.6) is 0 Å². The van der Waals surface area contributed by atoms with Gasteiger partial charge in [-0.3, -0.25) is 9.48 Å². The van der Waals surface area contributed by atoms with E-state index in [1.54, 1.807) is 17.1 Å². The Bertz CT molecular complexity index is 286. The number of aliphatic hydroxyl groups excluding tert-OH is 1. The maximum atomic E-state index is 11.3. The molecule has 1 aromatic heterocycles. The second-order valence-electron chi connectivity index (χ2n) is 3.51. The molecule has 0 aromatic carbocycles. The molecule has 1 aromatic rings. The number of carbonyl (C=O) groups excluding carboxylic acids is 1. The lowest BCUT2D eigenvalue weighted by Gasteiger charge is -2.09. The minimum absolute atomic E-state index is 0.0363. The first kappa shape index (κ1) is 11.6. The molecule has 15 heavy (non-hydrogen) atoms. The van der Waals surface area contributed by atoms with Crippen LogP contribution in [0.4, 0.5) is 0 Å². The fourth-order valence-electron chi connectivity index (χ4n) is 1.01. The predicted octanol–water partition coefficient (Wildman–Crippen LogP) is -0.587. The molecule has 0 aliphatic carbocycles. The van der Waals surface area contributed by atoms with Crippen LogP contribution < -0.4 is 5.32 Å². The molecule has 6 heteroatoms. The van der Waals surface area contributed by atoms with Crippen LogP contribution in [-0.2, 0) is 11.3 Å². The van der Waals surface area contributed by atoms with E-state index < -0.39 is 0 Å². The maximum absolute atomic E-state index is 11.3. The van der Waals surface area contributed by atoms with Gasteiger partial charge >= 0.3 is 0 Å². The third kappa shape index (κ3) is 4.55. The van der Waals surface area contributed by atoms with E-state index in [0.29, 0.717) is 19.5 Å². The molecule has 1 amide bonds. The molecule has 0 saturated carbocycles. The van der Waals surface area contributed by atoms with E-state index in [0.717, 1.165) is 0 Å². The average Bonchev–Trinajstić information content (AvgIpc) is 2.75. The average molecular weight is 212 g/mol. The van der Waals surface area contributed by atoms with Crippen LogP contribution in [-0.4, -0.2) is 39.2 Å². The van der Waals surface area contributed by atoms with Crippen LogP contribution in [0.15, 0.2) is 12.4 Å². The topological polar surface area (TPSA) is 80.0 Å². The van der Waals surface area contributed by atoms with Crippen molar-refractivity contribution in [2.75, 3.05) is 13.2 Å².